The minimum Gasteiger partial charge on any atom is -0.342 e. The number of rotatable bonds is 3. The summed E-state index contributed by atoms with van der Waals surface area (Å²) in [6.45, 7) is 6.55. The normalized spacial score (nSPS) is 22.9. The molecule has 2 N–H and O–H groups in total. The van der Waals surface area contributed by atoms with Gasteiger partial charge in [-0.1, -0.05) is 13.8 Å². The smallest absolute Gasteiger partial charge is 0.225 e. The summed E-state index contributed by atoms with van der Waals surface area (Å²) in [5.41, 5.74) is 5.54. The van der Waals surface area contributed by atoms with Crippen molar-refractivity contribution in [1.82, 2.24) is 4.90 Å². The third-order valence-electron chi connectivity index (χ3n) is 2.90. The molecule has 82 valence electrons. The Morgan fingerprint density at radius 1 is 1.57 bits per heavy atom. The van der Waals surface area contributed by atoms with Crippen molar-refractivity contribution in [2.24, 2.45) is 17.6 Å². The van der Waals surface area contributed by atoms with E-state index < -0.39 is 0 Å². The van der Waals surface area contributed by atoms with Crippen LogP contribution < -0.4 is 5.73 Å². The Bertz CT molecular complexity index is 190. The molecular weight excluding hydrogens is 176 g/mol. The molecule has 1 saturated heterocycles. The largest absolute Gasteiger partial charge is 0.342 e. The second-order valence-corrected chi connectivity index (χ2v) is 4.52. The highest BCUT2D eigenvalue weighted by Crippen LogP contribution is 2.20. The number of piperidine rings is 1. The first-order valence-corrected chi connectivity index (χ1v) is 5.64. The Balaban J connectivity index is 2.43. The van der Waals surface area contributed by atoms with Gasteiger partial charge < -0.3 is 10.6 Å². The highest BCUT2D eigenvalue weighted by molar-refractivity contribution is 5.78. The molecule has 0 aromatic carbocycles. The molecule has 1 aliphatic rings. The molecule has 3 nitrogen and oxygen atoms in total. The maximum Gasteiger partial charge on any atom is 0.225 e. The van der Waals surface area contributed by atoms with E-state index in [9.17, 15) is 4.79 Å². The summed E-state index contributed by atoms with van der Waals surface area (Å²) < 4.78 is 0. The predicted molar refractivity (Wildman–Crippen MR) is 57.8 cm³/mol. The fourth-order valence-electron chi connectivity index (χ4n) is 2.10. The topological polar surface area (TPSA) is 46.3 Å². The first-order valence-electron chi connectivity index (χ1n) is 5.64. The highest BCUT2D eigenvalue weighted by atomic mass is 16.2. The van der Waals surface area contributed by atoms with Gasteiger partial charge in [0.25, 0.3) is 0 Å². The van der Waals surface area contributed by atoms with Gasteiger partial charge in [0.15, 0.2) is 0 Å². The first-order chi connectivity index (χ1) is 6.65. The number of nitrogens with two attached hydrogens (primary N) is 1. The average Bonchev–Trinajstić information content (AvgIpc) is 2.17. The van der Waals surface area contributed by atoms with Gasteiger partial charge in [-0.15, -0.1) is 0 Å². The monoisotopic (exact) mass is 198 g/mol. The zero-order valence-electron chi connectivity index (χ0n) is 9.33. The summed E-state index contributed by atoms with van der Waals surface area (Å²) >= 11 is 0. The number of carbonyl (C=O) groups is 1. The van der Waals surface area contributed by atoms with Crippen molar-refractivity contribution in [3.05, 3.63) is 0 Å². The standard InChI is InChI=1S/C11H22N2O/c1-9(2)11(14)13-7-3-4-10(8-13)5-6-12/h9-10H,3-8,12H2,1-2H3. The van der Waals surface area contributed by atoms with Gasteiger partial charge in [-0.05, 0) is 31.7 Å². The number of hydrogen-bond donors (Lipinski definition) is 1. The van der Waals surface area contributed by atoms with Crippen molar-refractivity contribution in [2.45, 2.75) is 33.1 Å². The molecule has 14 heavy (non-hydrogen) atoms. The highest BCUT2D eigenvalue weighted by Gasteiger charge is 2.24. The Hall–Kier alpha value is -0.570. The van der Waals surface area contributed by atoms with E-state index in [1.165, 1.54) is 6.42 Å². The van der Waals surface area contributed by atoms with E-state index in [2.05, 4.69) is 0 Å². The summed E-state index contributed by atoms with van der Waals surface area (Å²) in [7, 11) is 0. The molecule has 1 unspecified atom stereocenters. The van der Waals surface area contributed by atoms with E-state index in [-0.39, 0.29) is 5.92 Å². The lowest BCUT2D eigenvalue weighted by atomic mass is 9.94. The van der Waals surface area contributed by atoms with E-state index in [0.717, 1.165) is 32.5 Å². The van der Waals surface area contributed by atoms with Gasteiger partial charge in [-0.3, -0.25) is 4.79 Å². The summed E-state index contributed by atoms with van der Waals surface area (Å²) in [6, 6.07) is 0. The minimum atomic E-state index is 0.131. The van der Waals surface area contributed by atoms with Gasteiger partial charge in [-0.25, -0.2) is 0 Å². The Morgan fingerprint density at radius 3 is 2.86 bits per heavy atom. The van der Waals surface area contributed by atoms with Gasteiger partial charge in [0.05, 0.1) is 0 Å². The van der Waals surface area contributed by atoms with Gasteiger partial charge >= 0.3 is 0 Å². The van der Waals surface area contributed by atoms with Crippen molar-refractivity contribution < 1.29 is 4.79 Å². The predicted octanol–water partition coefficient (Wildman–Crippen LogP) is 1.23. The molecule has 1 amide bonds. The summed E-state index contributed by atoms with van der Waals surface area (Å²) in [5.74, 6) is 1.06. The molecule has 1 heterocycles. The molecule has 1 aliphatic heterocycles. The van der Waals surface area contributed by atoms with Crippen LogP contribution in [0, 0.1) is 11.8 Å². The van der Waals surface area contributed by atoms with Crippen molar-refractivity contribution in [3.8, 4) is 0 Å². The van der Waals surface area contributed by atoms with Crippen LogP contribution in [-0.4, -0.2) is 30.4 Å². The Morgan fingerprint density at radius 2 is 2.29 bits per heavy atom. The van der Waals surface area contributed by atoms with Crippen LogP contribution in [0.2, 0.25) is 0 Å². The molecule has 0 radical (unpaired) electrons. The van der Waals surface area contributed by atoms with E-state index in [4.69, 9.17) is 5.73 Å². The van der Waals surface area contributed by atoms with Crippen molar-refractivity contribution in [1.29, 1.82) is 0 Å². The average molecular weight is 198 g/mol. The molecule has 0 saturated carbocycles. The number of nitrogens with zero attached hydrogens (tertiary/aromatic N) is 1. The first kappa shape index (κ1) is 11.5. The van der Waals surface area contributed by atoms with Crippen molar-refractivity contribution in [2.75, 3.05) is 19.6 Å². The fourth-order valence-corrected chi connectivity index (χ4v) is 2.10. The maximum absolute atomic E-state index is 11.7. The van der Waals surface area contributed by atoms with Crippen LogP contribution in [-0.2, 0) is 4.79 Å². The minimum absolute atomic E-state index is 0.131. The van der Waals surface area contributed by atoms with Crippen LogP contribution in [0.3, 0.4) is 0 Å². The Kier molecular flexibility index (Phi) is 4.39. The molecule has 0 spiro atoms. The zero-order chi connectivity index (χ0) is 10.6. The zero-order valence-corrected chi connectivity index (χ0v) is 9.33. The number of amides is 1. The molecule has 0 aromatic heterocycles. The van der Waals surface area contributed by atoms with Crippen LogP contribution in [0.5, 0.6) is 0 Å². The van der Waals surface area contributed by atoms with E-state index in [0.29, 0.717) is 11.8 Å². The molecular formula is C11H22N2O. The molecule has 0 bridgehead atoms. The van der Waals surface area contributed by atoms with Gasteiger partial charge in [0, 0.05) is 19.0 Å². The van der Waals surface area contributed by atoms with E-state index in [1.807, 2.05) is 18.7 Å². The molecule has 0 aliphatic carbocycles. The third kappa shape index (κ3) is 2.98. The lowest BCUT2D eigenvalue weighted by molar-refractivity contribution is -0.136. The SMILES string of the molecule is CC(C)C(=O)N1CCCC(CCN)C1. The summed E-state index contributed by atoms with van der Waals surface area (Å²) in [6.07, 6.45) is 3.43. The molecule has 1 rings (SSSR count). The lowest BCUT2D eigenvalue weighted by Crippen LogP contribution is -2.42. The number of carbonyl (C=O) groups excluding carboxylic acids is 1. The summed E-state index contributed by atoms with van der Waals surface area (Å²) in [4.78, 5) is 13.8. The lowest BCUT2D eigenvalue weighted by Gasteiger charge is -2.33. The molecule has 3 heteroatoms. The molecule has 1 fully saturated rings. The quantitative estimate of drug-likeness (QED) is 0.741. The van der Waals surface area contributed by atoms with Gasteiger partial charge in [-0.2, -0.15) is 0 Å². The fraction of sp³-hybridized carbons (Fsp3) is 0.909. The van der Waals surface area contributed by atoms with Crippen LogP contribution in [0.25, 0.3) is 0 Å². The van der Waals surface area contributed by atoms with Gasteiger partial charge in [0.2, 0.25) is 5.91 Å². The van der Waals surface area contributed by atoms with Crippen LogP contribution >= 0.6 is 0 Å². The van der Waals surface area contributed by atoms with Crippen LogP contribution in [0.15, 0.2) is 0 Å². The molecule has 0 aromatic rings. The number of likely N-dealkylation sites (tertiary alicyclic amines) is 1. The Labute approximate surface area is 86.6 Å². The van der Waals surface area contributed by atoms with E-state index >= 15 is 0 Å². The second-order valence-electron chi connectivity index (χ2n) is 4.52. The van der Waals surface area contributed by atoms with Crippen molar-refractivity contribution in [3.63, 3.8) is 0 Å². The maximum atomic E-state index is 11.7. The van der Waals surface area contributed by atoms with E-state index in [1.54, 1.807) is 0 Å². The van der Waals surface area contributed by atoms with Crippen LogP contribution in [0.1, 0.15) is 33.1 Å². The second kappa shape index (κ2) is 5.35. The van der Waals surface area contributed by atoms with Gasteiger partial charge in [0.1, 0.15) is 0 Å². The van der Waals surface area contributed by atoms with Crippen molar-refractivity contribution >= 4 is 5.91 Å². The molecule has 1 atom stereocenters. The van der Waals surface area contributed by atoms with Crippen LogP contribution in [0.4, 0.5) is 0 Å². The number of hydrogen-bond acceptors (Lipinski definition) is 2. The third-order valence-corrected chi connectivity index (χ3v) is 2.90. The summed E-state index contributed by atoms with van der Waals surface area (Å²) in [5, 5.41) is 0.